The predicted octanol–water partition coefficient (Wildman–Crippen LogP) is 3.58. The summed E-state index contributed by atoms with van der Waals surface area (Å²) in [5.41, 5.74) is 0. The van der Waals surface area contributed by atoms with Crippen molar-refractivity contribution in [1.82, 2.24) is 0 Å². The number of carbonyl (C=O) groups is 1. The number of halogens is 2. The number of hydrogen-bond acceptors (Lipinski definition) is 3. The maximum atomic E-state index is 10.8. The molecule has 3 nitrogen and oxygen atoms in total. The van der Waals surface area contributed by atoms with Gasteiger partial charge in [0.15, 0.2) is 6.10 Å². The van der Waals surface area contributed by atoms with Gasteiger partial charge in [-0.15, -0.1) is 11.8 Å². The second kappa shape index (κ2) is 7.11. The minimum atomic E-state index is -0.959. The van der Waals surface area contributed by atoms with Crippen LogP contribution in [0.3, 0.4) is 0 Å². The summed E-state index contributed by atoms with van der Waals surface area (Å²) in [5, 5.41) is 9.84. The summed E-state index contributed by atoms with van der Waals surface area (Å²) in [6, 6.07) is 5.19. The minimum absolute atomic E-state index is 0.334. The Balaban J connectivity index is 2.59. The van der Waals surface area contributed by atoms with Gasteiger partial charge in [0.05, 0.1) is 10.0 Å². The molecule has 0 aliphatic carbocycles. The Morgan fingerprint density at radius 3 is 2.71 bits per heavy atom. The molecule has 0 aliphatic heterocycles. The van der Waals surface area contributed by atoms with Crippen molar-refractivity contribution in [2.24, 2.45) is 0 Å². The summed E-state index contributed by atoms with van der Waals surface area (Å²) in [4.78, 5) is 11.7. The van der Waals surface area contributed by atoms with Crippen molar-refractivity contribution >= 4 is 40.9 Å². The van der Waals surface area contributed by atoms with Crippen LogP contribution >= 0.6 is 35.0 Å². The van der Waals surface area contributed by atoms with Crippen LogP contribution in [-0.2, 0) is 9.53 Å². The summed E-state index contributed by atoms with van der Waals surface area (Å²) < 4.78 is 5.10. The Hall–Kier alpha value is -0.420. The van der Waals surface area contributed by atoms with Crippen LogP contribution < -0.4 is 0 Å². The number of rotatable bonds is 6. The third kappa shape index (κ3) is 4.76. The molecule has 1 aromatic carbocycles. The maximum absolute atomic E-state index is 10.8. The molecule has 17 heavy (non-hydrogen) atoms. The van der Waals surface area contributed by atoms with E-state index in [9.17, 15) is 4.79 Å². The molecule has 0 fully saturated rings. The van der Waals surface area contributed by atoms with Gasteiger partial charge >= 0.3 is 5.97 Å². The summed E-state index contributed by atoms with van der Waals surface area (Å²) >= 11 is 13.0. The van der Waals surface area contributed by atoms with Crippen molar-refractivity contribution in [3.05, 3.63) is 28.2 Å². The number of ether oxygens (including phenoxy) is 1. The number of thioether (sulfide) groups is 1. The standard InChI is InChI=1S/C11H12Cl2O3S/c1-2-16-10(11(14)15)6-17-7-3-4-8(12)9(13)5-7/h3-5,10H,2,6H2,1H3,(H,14,15). The van der Waals surface area contributed by atoms with Crippen LogP contribution in [0, 0.1) is 0 Å². The lowest BCUT2D eigenvalue weighted by molar-refractivity contribution is -0.148. The molecule has 0 aliphatic rings. The molecule has 1 rings (SSSR count). The zero-order chi connectivity index (χ0) is 12.8. The van der Waals surface area contributed by atoms with Crippen LogP contribution in [0.15, 0.2) is 23.1 Å². The van der Waals surface area contributed by atoms with Crippen molar-refractivity contribution in [2.75, 3.05) is 12.4 Å². The number of hydrogen-bond donors (Lipinski definition) is 1. The maximum Gasteiger partial charge on any atom is 0.333 e. The van der Waals surface area contributed by atoms with E-state index in [-0.39, 0.29) is 0 Å². The predicted molar refractivity (Wildman–Crippen MR) is 70.2 cm³/mol. The molecule has 94 valence electrons. The van der Waals surface area contributed by atoms with Gasteiger partial charge in [-0.2, -0.15) is 0 Å². The van der Waals surface area contributed by atoms with E-state index in [0.717, 1.165) is 4.90 Å². The number of benzene rings is 1. The van der Waals surface area contributed by atoms with Gasteiger partial charge < -0.3 is 9.84 Å². The summed E-state index contributed by atoms with van der Waals surface area (Å²) in [6.45, 7) is 2.14. The summed E-state index contributed by atoms with van der Waals surface area (Å²) in [5.74, 6) is -0.624. The second-order valence-electron chi connectivity index (χ2n) is 3.17. The number of carboxylic acids is 1. The van der Waals surface area contributed by atoms with E-state index >= 15 is 0 Å². The fourth-order valence-electron chi connectivity index (χ4n) is 1.13. The third-order valence-corrected chi connectivity index (χ3v) is 3.73. The van der Waals surface area contributed by atoms with E-state index in [4.69, 9.17) is 33.0 Å². The van der Waals surface area contributed by atoms with Gasteiger partial charge in [-0.3, -0.25) is 0 Å². The Bertz CT molecular complexity index is 398. The van der Waals surface area contributed by atoms with Crippen molar-refractivity contribution < 1.29 is 14.6 Å². The molecule has 6 heteroatoms. The van der Waals surface area contributed by atoms with Crippen molar-refractivity contribution in [2.45, 2.75) is 17.9 Å². The molecular weight excluding hydrogens is 283 g/mol. The van der Waals surface area contributed by atoms with E-state index in [1.165, 1.54) is 11.8 Å². The first-order valence-corrected chi connectivity index (χ1v) is 6.71. The topological polar surface area (TPSA) is 46.5 Å². The lowest BCUT2D eigenvalue weighted by Crippen LogP contribution is -2.26. The zero-order valence-electron chi connectivity index (χ0n) is 9.15. The van der Waals surface area contributed by atoms with Crippen molar-refractivity contribution in [1.29, 1.82) is 0 Å². The Morgan fingerprint density at radius 1 is 1.47 bits per heavy atom. The van der Waals surface area contributed by atoms with Crippen LogP contribution in [-0.4, -0.2) is 29.5 Å². The molecule has 0 bridgehead atoms. The van der Waals surface area contributed by atoms with Gasteiger partial charge in [-0.1, -0.05) is 23.2 Å². The highest BCUT2D eigenvalue weighted by atomic mass is 35.5. The highest BCUT2D eigenvalue weighted by Crippen LogP contribution is 2.28. The molecule has 1 unspecified atom stereocenters. The first-order valence-electron chi connectivity index (χ1n) is 4.96. The van der Waals surface area contributed by atoms with Gasteiger partial charge in [0.2, 0.25) is 0 Å². The van der Waals surface area contributed by atoms with Gasteiger partial charge in [0.1, 0.15) is 0 Å². The Kier molecular flexibility index (Phi) is 6.12. The third-order valence-electron chi connectivity index (χ3n) is 1.94. The summed E-state index contributed by atoms with van der Waals surface area (Å²) in [6.07, 6.45) is -0.806. The van der Waals surface area contributed by atoms with Crippen LogP contribution in [0.1, 0.15) is 6.92 Å². The molecule has 0 heterocycles. The smallest absolute Gasteiger partial charge is 0.333 e. The normalized spacial score (nSPS) is 12.4. The van der Waals surface area contributed by atoms with Gasteiger partial charge in [-0.25, -0.2) is 4.79 Å². The van der Waals surface area contributed by atoms with Gasteiger partial charge in [0, 0.05) is 17.3 Å². The van der Waals surface area contributed by atoms with Crippen LogP contribution in [0.4, 0.5) is 0 Å². The largest absolute Gasteiger partial charge is 0.479 e. The molecule has 0 spiro atoms. The van der Waals surface area contributed by atoms with Crippen LogP contribution in [0.2, 0.25) is 10.0 Å². The average molecular weight is 295 g/mol. The monoisotopic (exact) mass is 294 g/mol. The molecule has 0 amide bonds. The van der Waals surface area contributed by atoms with E-state index in [1.807, 2.05) is 0 Å². The number of carboxylic acid groups (broad SMARTS) is 1. The average Bonchev–Trinajstić information content (AvgIpc) is 2.28. The SMILES string of the molecule is CCOC(CSc1ccc(Cl)c(Cl)c1)C(=O)O. The highest BCUT2D eigenvalue weighted by Gasteiger charge is 2.17. The number of aliphatic carboxylic acids is 1. The molecule has 0 saturated carbocycles. The quantitative estimate of drug-likeness (QED) is 0.815. The van der Waals surface area contributed by atoms with Crippen molar-refractivity contribution in [3.63, 3.8) is 0 Å². The van der Waals surface area contributed by atoms with Crippen molar-refractivity contribution in [3.8, 4) is 0 Å². The first kappa shape index (κ1) is 14.6. The van der Waals surface area contributed by atoms with Gasteiger partial charge in [0.25, 0.3) is 0 Å². The Labute approximate surface area is 114 Å². The minimum Gasteiger partial charge on any atom is -0.479 e. The van der Waals surface area contributed by atoms with Crippen LogP contribution in [0.5, 0.6) is 0 Å². The summed E-state index contributed by atoms with van der Waals surface area (Å²) in [7, 11) is 0. The molecule has 1 aromatic rings. The first-order chi connectivity index (χ1) is 8.04. The van der Waals surface area contributed by atoms with E-state index in [0.29, 0.717) is 22.4 Å². The molecule has 0 aromatic heterocycles. The van der Waals surface area contributed by atoms with Gasteiger partial charge in [-0.05, 0) is 25.1 Å². The van der Waals surface area contributed by atoms with E-state index in [2.05, 4.69) is 0 Å². The van der Waals surface area contributed by atoms with E-state index in [1.54, 1.807) is 25.1 Å². The molecule has 0 saturated heterocycles. The van der Waals surface area contributed by atoms with Crippen LogP contribution in [0.25, 0.3) is 0 Å². The molecule has 0 radical (unpaired) electrons. The second-order valence-corrected chi connectivity index (χ2v) is 5.08. The highest BCUT2D eigenvalue weighted by molar-refractivity contribution is 7.99. The molecule has 1 N–H and O–H groups in total. The fourth-order valence-corrected chi connectivity index (χ4v) is 2.44. The lowest BCUT2D eigenvalue weighted by atomic mass is 10.4. The molecular formula is C11H12Cl2O3S. The fraction of sp³-hybridized carbons (Fsp3) is 0.364. The zero-order valence-corrected chi connectivity index (χ0v) is 11.5. The van der Waals surface area contributed by atoms with E-state index < -0.39 is 12.1 Å². The Morgan fingerprint density at radius 2 is 2.18 bits per heavy atom. The lowest BCUT2D eigenvalue weighted by Gasteiger charge is -2.11. The molecule has 1 atom stereocenters.